The van der Waals surface area contributed by atoms with Gasteiger partial charge in [-0.3, -0.25) is 9.78 Å². The summed E-state index contributed by atoms with van der Waals surface area (Å²) in [5.74, 6) is 0.234. The molecule has 8 nitrogen and oxygen atoms in total. The lowest BCUT2D eigenvalue weighted by atomic mass is 9.72. The molecular weight excluding hydrogens is 514 g/mol. The van der Waals surface area contributed by atoms with Gasteiger partial charge in [0.25, 0.3) is 6.43 Å². The van der Waals surface area contributed by atoms with Crippen LogP contribution in [-0.4, -0.2) is 52.2 Å². The van der Waals surface area contributed by atoms with Crippen LogP contribution in [0.2, 0.25) is 0 Å². The SMILES string of the molecule is C=C(C)N1CC2(C1)CN(c1ccc(CNC(=O)C3(c4ccc(OCc5ccc(C(F)F)nc5)nn4)CC3)cc1)C2. The Bertz CT molecular complexity index is 1380. The van der Waals surface area contributed by atoms with Crippen LogP contribution in [-0.2, 0) is 23.4 Å². The quantitative estimate of drug-likeness (QED) is 0.404. The molecule has 6 rings (SSSR count). The third-order valence-electron chi connectivity index (χ3n) is 8.17. The average molecular weight is 547 g/mol. The van der Waals surface area contributed by atoms with E-state index in [1.54, 1.807) is 18.2 Å². The normalized spacial score (nSPS) is 18.2. The molecular formula is C30H32F2N6O2. The van der Waals surface area contributed by atoms with Gasteiger partial charge in [0.15, 0.2) is 0 Å². The van der Waals surface area contributed by atoms with E-state index in [4.69, 9.17) is 4.74 Å². The third-order valence-corrected chi connectivity index (χ3v) is 8.17. The zero-order valence-corrected chi connectivity index (χ0v) is 22.4. The van der Waals surface area contributed by atoms with Gasteiger partial charge in [0.1, 0.15) is 12.3 Å². The molecule has 40 heavy (non-hydrogen) atoms. The van der Waals surface area contributed by atoms with E-state index in [1.165, 1.54) is 18.0 Å². The number of halogens is 2. The highest BCUT2D eigenvalue weighted by Gasteiger charge is 2.53. The number of nitrogens with one attached hydrogen (secondary N) is 1. The number of anilines is 1. The number of ether oxygens (including phenoxy) is 1. The summed E-state index contributed by atoms with van der Waals surface area (Å²) in [6.45, 7) is 11.0. The second kappa shape index (κ2) is 10.1. The summed E-state index contributed by atoms with van der Waals surface area (Å²) in [7, 11) is 0. The van der Waals surface area contributed by atoms with E-state index < -0.39 is 11.8 Å². The molecule has 2 saturated heterocycles. The fourth-order valence-corrected chi connectivity index (χ4v) is 5.54. The van der Waals surface area contributed by atoms with Crippen molar-refractivity contribution in [3.8, 4) is 5.88 Å². The zero-order chi connectivity index (χ0) is 27.9. The monoisotopic (exact) mass is 546 g/mol. The molecule has 0 radical (unpaired) electrons. The molecule has 0 unspecified atom stereocenters. The fourth-order valence-electron chi connectivity index (χ4n) is 5.54. The van der Waals surface area contributed by atoms with Gasteiger partial charge in [-0.15, -0.1) is 5.10 Å². The summed E-state index contributed by atoms with van der Waals surface area (Å²) in [5.41, 5.74) is 4.15. The van der Waals surface area contributed by atoms with Crippen LogP contribution in [0.3, 0.4) is 0 Å². The van der Waals surface area contributed by atoms with Gasteiger partial charge in [0, 0.05) is 67.3 Å². The number of alkyl halides is 2. The molecule has 4 heterocycles. The van der Waals surface area contributed by atoms with Gasteiger partial charge in [-0.05, 0) is 49.6 Å². The summed E-state index contributed by atoms with van der Waals surface area (Å²) < 4.78 is 30.9. The van der Waals surface area contributed by atoms with Crippen LogP contribution in [0.4, 0.5) is 14.5 Å². The Hall–Kier alpha value is -4.08. The third kappa shape index (κ3) is 5.10. The Labute approximate surface area is 232 Å². The van der Waals surface area contributed by atoms with Crippen molar-refractivity contribution in [3.05, 3.63) is 89.5 Å². The minimum atomic E-state index is -2.61. The fraction of sp³-hybridized carbons (Fsp3) is 0.400. The van der Waals surface area contributed by atoms with Crippen molar-refractivity contribution in [2.75, 3.05) is 31.1 Å². The molecule has 1 amide bonds. The van der Waals surface area contributed by atoms with E-state index in [-0.39, 0.29) is 24.1 Å². The number of carbonyl (C=O) groups excluding carboxylic acids is 1. The number of allylic oxidation sites excluding steroid dienone is 1. The maximum Gasteiger partial charge on any atom is 0.280 e. The number of hydrogen-bond acceptors (Lipinski definition) is 7. The van der Waals surface area contributed by atoms with Crippen LogP contribution in [0.15, 0.2) is 67.0 Å². The summed E-state index contributed by atoms with van der Waals surface area (Å²) in [5, 5.41) is 11.4. The number of carbonyl (C=O) groups is 1. The minimum absolute atomic E-state index is 0.0542. The first-order valence-electron chi connectivity index (χ1n) is 13.5. The first-order chi connectivity index (χ1) is 19.3. The second-order valence-electron chi connectivity index (χ2n) is 11.3. The summed E-state index contributed by atoms with van der Waals surface area (Å²) >= 11 is 0. The van der Waals surface area contributed by atoms with Crippen molar-refractivity contribution in [1.29, 1.82) is 0 Å². The maximum absolute atomic E-state index is 13.1. The van der Waals surface area contributed by atoms with Crippen molar-refractivity contribution < 1.29 is 18.3 Å². The Balaban J connectivity index is 0.976. The Morgan fingerprint density at radius 3 is 2.33 bits per heavy atom. The van der Waals surface area contributed by atoms with E-state index in [0.717, 1.165) is 37.4 Å². The molecule has 2 aliphatic heterocycles. The van der Waals surface area contributed by atoms with Gasteiger partial charge >= 0.3 is 0 Å². The first kappa shape index (κ1) is 26.2. The molecule has 208 valence electrons. The highest BCUT2D eigenvalue weighted by Crippen LogP contribution is 2.47. The van der Waals surface area contributed by atoms with Gasteiger partial charge < -0.3 is 19.9 Å². The van der Waals surface area contributed by atoms with Crippen LogP contribution in [0, 0.1) is 5.41 Å². The van der Waals surface area contributed by atoms with E-state index in [2.05, 4.69) is 68.1 Å². The molecule has 1 spiro atoms. The molecule has 3 aromatic rings. The molecule has 1 aromatic carbocycles. The standard InChI is InChI=1S/C30H32F2N6O2/c1-20(2)37-16-29(17-37)18-38(19-29)23-6-3-21(4-7-23)13-34-28(39)30(11-12-30)25-9-10-26(36-35-25)40-15-22-5-8-24(27(31)32)33-14-22/h3-10,14,27H,1,11-13,15-19H2,2H3,(H,34,39). The average Bonchev–Trinajstić information content (AvgIpc) is 3.72. The topological polar surface area (TPSA) is 83.5 Å². The highest BCUT2D eigenvalue weighted by atomic mass is 19.3. The number of hydrogen-bond donors (Lipinski definition) is 1. The number of benzene rings is 1. The van der Waals surface area contributed by atoms with Crippen LogP contribution in [0.25, 0.3) is 0 Å². The van der Waals surface area contributed by atoms with Crippen LogP contribution in [0.5, 0.6) is 5.88 Å². The maximum atomic E-state index is 13.1. The van der Waals surface area contributed by atoms with Crippen LogP contribution < -0.4 is 15.0 Å². The summed E-state index contributed by atoms with van der Waals surface area (Å²) in [4.78, 5) is 21.6. The predicted molar refractivity (Wildman–Crippen MR) is 146 cm³/mol. The Kier molecular flexibility index (Phi) is 6.64. The summed E-state index contributed by atoms with van der Waals surface area (Å²) in [6.07, 6.45) is 0.182. The van der Waals surface area contributed by atoms with Gasteiger partial charge in [-0.1, -0.05) is 24.8 Å². The highest BCUT2D eigenvalue weighted by molar-refractivity contribution is 5.90. The number of amides is 1. The van der Waals surface area contributed by atoms with Crippen molar-refractivity contribution in [2.24, 2.45) is 5.41 Å². The number of nitrogens with zero attached hydrogens (tertiary/aromatic N) is 5. The molecule has 0 atom stereocenters. The predicted octanol–water partition coefficient (Wildman–Crippen LogP) is 4.39. The molecule has 3 aliphatic rings. The van der Waals surface area contributed by atoms with Crippen molar-refractivity contribution in [2.45, 2.75) is 44.8 Å². The van der Waals surface area contributed by atoms with E-state index >= 15 is 0 Å². The lowest BCUT2D eigenvalue weighted by molar-refractivity contribution is -0.123. The van der Waals surface area contributed by atoms with Crippen molar-refractivity contribution in [1.82, 2.24) is 25.4 Å². The molecule has 2 aromatic heterocycles. The van der Waals surface area contributed by atoms with Gasteiger partial charge in [-0.25, -0.2) is 8.78 Å². The minimum Gasteiger partial charge on any atom is -0.472 e. The van der Waals surface area contributed by atoms with E-state index in [0.29, 0.717) is 36.1 Å². The lowest BCUT2D eigenvalue weighted by Gasteiger charge is -2.61. The molecule has 0 bridgehead atoms. The molecule has 1 N–H and O–H groups in total. The second-order valence-corrected chi connectivity index (χ2v) is 11.3. The van der Waals surface area contributed by atoms with Crippen molar-refractivity contribution >= 4 is 11.6 Å². The lowest BCUT2D eigenvalue weighted by Crippen LogP contribution is -2.71. The number of pyridine rings is 1. The van der Waals surface area contributed by atoms with Gasteiger partial charge in [-0.2, -0.15) is 5.10 Å². The van der Waals surface area contributed by atoms with E-state index in [1.807, 2.05) is 0 Å². The summed E-state index contributed by atoms with van der Waals surface area (Å²) in [6, 6.07) is 14.7. The first-order valence-corrected chi connectivity index (χ1v) is 13.5. The molecule has 10 heteroatoms. The Morgan fingerprint density at radius 1 is 1.02 bits per heavy atom. The van der Waals surface area contributed by atoms with Gasteiger partial charge in [0.2, 0.25) is 11.8 Å². The van der Waals surface area contributed by atoms with Crippen LogP contribution >= 0.6 is 0 Å². The van der Waals surface area contributed by atoms with E-state index in [9.17, 15) is 13.6 Å². The molecule has 1 saturated carbocycles. The van der Waals surface area contributed by atoms with Crippen LogP contribution in [0.1, 0.15) is 48.7 Å². The van der Waals surface area contributed by atoms with Gasteiger partial charge in [0.05, 0.1) is 11.1 Å². The molecule has 1 aliphatic carbocycles. The largest absolute Gasteiger partial charge is 0.472 e. The number of rotatable bonds is 10. The number of likely N-dealkylation sites (tertiary alicyclic amines) is 1. The van der Waals surface area contributed by atoms with Crippen molar-refractivity contribution in [3.63, 3.8) is 0 Å². The smallest absolute Gasteiger partial charge is 0.280 e. The molecule has 3 fully saturated rings. The zero-order valence-electron chi connectivity index (χ0n) is 22.4. The number of aromatic nitrogens is 3. The Morgan fingerprint density at radius 2 is 1.75 bits per heavy atom.